The van der Waals surface area contributed by atoms with E-state index in [1.165, 1.54) is 20.1 Å². The van der Waals surface area contributed by atoms with Gasteiger partial charge < -0.3 is 9.47 Å². The molecule has 5 nitrogen and oxygen atoms in total. The number of carbonyl (C=O) groups excluding carboxylic acids is 1. The maximum atomic E-state index is 14.4. The molecule has 4 rings (SSSR count). The normalized spacial score (nSPS) is 14.4. The lowest BCUT2D eigenvalue weighted by atomic mass is 10.1. The Morgan fingerprint density at radius 1 is 1.00 bits per heavy atom. The molecular formula is C25H14Cl2F5IN2O3. The summed E-state index contributed by atoms with van der Waals surface area (Å²) in [7, 11) is 1.41. The summed E-state index contributed by atoms with van der Waals surface area (Å²) in [6.45, 7) is 1.33. The first-order chi connectivity index (χ1) is 17.9. The van der Waals surface area contributed by atoms with Gasteiger partial charge in [-0.25, -0.2) is 22.0 Å². The van der Waals surface area contributed by atoms with Crippen molar-refractivity contribution in [3.63, 3.8) is 0 Å². The molecule has 0 fully saturated rings. The maximum Gasteiger partial charge on any atom is 0.280 e. The van der Waals surface area contributed by atoms with Crippen LogP contribution in [0.5, 0.6) is 11.5 Å². The number of anilines is 1. The Morgan fingerprint density at radius 2 is 1.63 bits per heavy atom. The van der Waals surface area contributed by atoms with Gasteiger partial charge in [-0.05, 0) is 59.9 Å². The summed E-state index contributed by atoms with van der Waals surface area (Å²) in [4.78, 5) is 13.1. The molecule has 0 N–H and O–H groups in total. The predicted octanol–water partition coefficient (Wildman–Crippen LogP) is 7.69. The Labute approximate surface area is 236 Å². The third kappa shape index (κ3) is 5.19. The second-order valence-electron chi connectivity index (χ2n) is 7.83. The van der Waals surface area contributed by atoms with Crippen molar-refractivity contribution in [3.8, 4) is 11.5 Å². The molecule has 38 heavy (non-hydrogen) atoms. The van der Waals surface area contributed by atoms with Gasteiger partial charge in [0.15, 0.2) is 34.8 Å². The Morgan fingerprint density at radius 3 is 2.24 bits per heavy atom. The molecule has 0 saturated carbocycles. The number of carbonyl (C=O) groups is 1. The molecule has 0 aromatic heterocycles. The van der Waals surface area contributed by atoms with E-state index in [1.54, 1.807) is 30.3 Å². The highest BCUT2D eigenvalue weighted by Gasteiger charge is 2.37. The third-order valence-electron chi connectivity index (χ3n) is 5.42. The molecule has 198 valence electrons. The third-order valence-corrected chi connectivity index (χ3v) is 6.63. The smallest absolute Gasteiger partial charge is 0.280 e. The summed E-state index contributed by atoms with van der Waals surface area (Å²) in [5, 5.41) is 4.68. The lowest BCUT2D eigenvalue weighted by Gasteiger charge is -2.16. The van der Waals surface area contributed by atoms with Crippen molar-refractivity contribution in [1.29, 1.82) is 0 Å². The van der Waals surface area contributed by atoms with Gasteiger partial charge in [-0.1, -0.05) is 29.3 Å². The molecule has 3 aromatic carbocycles. The van der Waals surface area contributed by atoms with Gasteiger partial charge in [-0.15, -0.1) is 0 Å². The minimum Gasteiger partial charge on any atom is -0.493 e. The number of halogens is 8. The largest absolute Gasteiger partial charge is 0.493 e. The Kier molecular flexibility index (Phi) is 8.19. The summed E-state index contributed by atoms with van der Waals surface area (Å²) in [5.41, 5.74) is -0.780. The van der Waals surface area contributed by atoms with Gasteiger partial charge in [0.25, 0.3) is 5.91 Å². The molecule has 13 heteroatoms. The first kappa shape index (κ1) is 28.1. The van der Waals surface area contributed by atoms with Crippen LogP contribution in [0.4, 0.5) is 27.6 Å². The average Bonchev–Trinajstić information content (AvgIpc) is 3.14. The standard InChI is InChI=1S/C25H14Cl2F5IN2O3/c1-10-15(25(36)35(34-10)23-21(31)19(29)18(28)20(30)22(23)32)6-12-5-14(33)8-17(37-2)24(12)38-9-11-3-4-13(26)7-16(11)27/h3-8H,9H2,1-2H3/b15-6-. The fraction of sp³-hybridized carbons (Fsp3) is 0.120. The molecule has 0 saturated heterocycles. The monoisotopic (exact) mass is 682 g/mol. The maximum absolute atomic E-state index is 14.4. The van der Waals surface area contributed by atoms with Gasteiger partial charge in [-0.2, -0.15) is 10.1 Å². The van der Waals surface area contributed by atoms with Crippen molar-refractivity contribution in [1.82, 2.24) is 0 Å². The molecule has 0 aliphatic carbocycles. The Hall–Kier alpha value is -2.90. The number of hydrogen-bond donors (Lipinski definition) is 0. The van der Waals surface area contributed by atoms with Crippen molar-refractivity contribution in [2.75, 3.05) is 12.1 Å². The lowest BCUT2D eigenvalue weighted by Crippen LogP contribution is -2.25. The van der Waals surface area contributed by atoms with Crippen LogP contribution in [-0.4, -0.2) is 18.7 Å². The number of benzene rings is 3. The summed E-state index contributed by atoms with van der Waals surface area (Å²) >= 11 is 14.2. The minimum absolute atomic E-state index is 0.0131. The van der Waals surface area contributed by atoms with E-state index < -0.39 is 40.7 Å². The first-order valence-electron chi connectivity index (χ1n) is 10.5. The van der Waals surface area contributed by atoms with Crippen LogP contribution in [0.1, 0.15) is 18.1 Å². The van der Waals surface area contributed by atoms with Gasteiger partial charge in [-0.3, -0.25) is 4.79 Å². The van der Waals surface area contributed by atoms with Gasteiger partial charge in [0, 0.05) is 24.7 Å². The van der Waals surface area contributed by atoms with Gasteiger partial charge >= 0.3 is 0 Å². The molecule has 0 bridgehead atoms. The van der Waals surface area contributed by atoms with Crippen LogP contribution in [0.25, 0.3) is 6.08 Å². The average molecular weight is 683 g/mol. The minimum atomic E-state index is -2.35. The SMILES string of the molecule is COc1cc(I)cc(/C=C2\C(=O)N(c3c(F)c(F)c(F)c(F)c3F)N=C2C)c1OCc1ccc(Cl)cc1Cl. The van der Waals surface area contributed by atoms with E-state index in [9.17, 15) is 26.7 Å². The van der Waals surface area contributed by atoms with E-state index in [0.29, 0.717) is 30.5 Å². The Bertz CT molecular complexity index is 1520. The molecule has 1 amide bonds. The molecular weight excluding hydrogens is 669 g/mol. The second kappa shape index (κ2) is 11.1. The molecule has 1 aliphatic rings. The number of amides is 1. The van der Waals surface area contributed by atoms with Crippen LogP contribution in [0.2, 0.25) is 10.0 Å². The van der Waals surface area contributed by atoms with Gasteiger partial charge in [0.05, 0.1) is 18.4 Å². The zero-order chi connectivity index (χ0) is 27.9. The highest BCUT2D eigenvalue weighted by molar-refractivity contribution is 14.1. The zero-order valence-corrected chi connectivity index (χ0v) is 23.0. The summed E-state index contributed by atoms with van der Waals surface area (Å²) < 4.78 is 81.9. The first-order valence-corrected chi connectivity index (χ1v) is 12.4. The van der Waals surface area contributed by atoms with Crippen LogP contribution in [-0.2, 0) is 11.4 Å². The molecule has 0 unspecified atom stereocenters. The van der Waals surface area contributed by atoms with Crippen LogP contribution in [0.15, 0.2) is 41.0 Å². The highest BCUT2D eigenvalue weighted by Crippen LogP contribution is 2.38. The van der Waals surface area contributed by atoms with Crippen molar-refractivity contribution in [2.45, 2.75) is 13.5 Å². The molecule has 1 heterocycles. The van der Waals surface area contributed by atoms with Crippen LogP contribution >= 0.6 is 45.8 Å². The summed E-state index contributed by atoms with van der Waals surface area (Å²) in [6, 6.07) is 8.14. The van der Waals surface area contributed by atoms with E-state index >= 15 is 0 Å². The van der Waals surface area contributed by atoms with Crippen molar-refractivity contribution >= 4 is 69.2 Å². The number of nitrogens with zero attached hydrogens (tertiary/aromatic N) is 2. The molecule has 3 aromatic rings. The topological polar surface area (TPSA) is 51.1 Å². The van der Waals surface area contributed by atoms with E-state index in [2.05, 4.69) is 5.10 Å². The van der Waals surface area contributed by atoms with E-state index in [0.717, 1.165) is 0 Å². The molecule has 1 aliphatic heterocycles. The van der Waals surface area contributed by atoms with Crippen LogP contribution < -0.4 is 14.5 Å². The number of hydrazone groups is 1. The number of methoxy groups -OCH3 is 1. The van der Waals surface area contributed by atoms with Gasteiger partial charge in [0.2, 0.25) is 5.82 Å². The van der Waals surface area contributed by atoms with Crippen LogP contribution in [0.3, 0.4) is 0 Å². The van der Waals surface area contributed by atoms with E-state index in [1.807, 2.05) is 22.6 Å². The van der Waals surface area contributed by atoms with Crippen molar-refractivity contribution in [3.05, 3.63) is 89.7 Å². The predicted molar refractivity (Wildman–Crippen MR) is 141 cm³/mol. The summed E-state index contributed by atoms with van der Waals surface area (Å²) in [6.07, 6.45) is 1.32. The fourth-order valence-electron chi connectivity index (χ4n) is 3.56. The quantitative estimate of drug-likeness (QED) is 0.0881. The number of ether oxygens (including phenoxy) is 2. The zero-order valence-electron chi connectivity index (χ0n) is 19.3. The Balaban J connectivity index is 1.76. The molecule has 0 radical (unpaired) electrons. The second-order valence-corrected chi connectivity index (χ2v) is 9.92. The summed E-state index contributed by atoms with van der Waals surface area (Å²) in [5.74, 6) is -11.7. The highest BCUT2D eigenvalue weighted by atomic mass is 127. The van der Waals surface area contributed by atoms with Crippen molar-refractivity contribution < 1.29 is 36.2 Å². The van der Waals surface area contributed by atoms with Crippen LogP contribution in [0, 0.1) is 32.7 Å². The number of rotatable bonds is 6. The molecule has 0 atom stereocenters. The van der Waals surface area contributed by atoms with Gasteiger partial charge in [0.1, 0.15) is 12.3 Å². The fourth-order valence-corrected chi connectivity index (χ4v) is 4.64. The van der Waals surface area contributed by atoms with E-state index in [4.69, 9.17) is 32.7 Å². The number of hydrogen-bond acceptors (Lipinski definition) is 4. The lowest BCUT2D eigenvalue weighted by molar-refractivity contribution is -0.114. The van der Waals surface area contributed by atoms with E-state index in [-0.39, 0.29) is 28.7 Å². The van der Waals surface area contributed by atoms with Crippen molar-refractivity contribution in [2.24, 2.45) is 5.10 Å². The molecule has 0 spiro atoms.